The van der Waals surface area contributed by atoms with Crippen molar-refractivity contribution in [2.75, 3.05) is 0 Å². The summed E-state index contributed by atoms with van der Waals surface area (Å²) in [6.07, 6.45) is 0. The topological polar surface area (TPSA) is 84.2 Å². The van der Waals surface area contributed by atoms with Crippen LogP contribution in [0.1, 0.15) is 22.8 Å². The first kappa shape index (κ1) is 12.2. The third-order valence-electron chi connectivity index (χ3n) is 2.27. The number of hydrogen-bond acceptors (Lipinski definition) is 3. The van der Waals surface area contributed by atoms with Gasteiger partial charge in [0, 0.05) is 5.56 Å². The van der Waals surface area contributed by atoms with Crippen molar-refractivity contribution in [2.45, 2.75) is 19.9 Å². The third kappa shape index (κ3) is 2.80. The van der Waals surface area contributed by atoms with E-state index < -0.39 is 11.9 Å². The highest BCUT2D eigenvalue weighted by atomic mass is 16.2. The van der Waals surface area contributed by atoms with Gasteiger partial charge in [-0.2, -0.15) is 0 Å². The van der Waals surface area contributed by atoms with Crippen LogP contribution in [0.25, 0.3) is 0 Å². The van der Waals surface area contributed by atoms with Gasteiger partial charge in [-0.3, -0.25) is 15.0 Å². The number of aryl methyl sites for hydroxylation is 1. The highest BCUT2D eigenvalue weighted by Crippen LogP contribution is 2.06. The maximum Gasteiger partial charge on any atom is 0.256 e. The van der Waals surface area contributed by atoms with Crippen LogP contribution >= 0.6 is 0 Å². The molecule has 0 unspecified atom stereocenters. The molecule has 4 N–H and O–H groups in total. The van der Waals surface area contributed by atoms with Crippen LogP contribution in [-0.2, 0) is 4.79 Å². The number of nitrogens with one attached hydrogen (secondary N) is 2. The fraction of sp³-hybridized carbons (Fsp3) is 0.273. The van der Waals surface area contributed by atoms with Gasteiger partial charge in [-0.1, -0.05) is 18.2 Å². The molecule has 0 saturated carbocycles. The number of rotatable bonds is 3. The van der Waals surface area contributed by atoms with Crippen molar-refractivity contribution in [3.8, 4) is 0 Å². The molecule has 5 nitrogen and oxygen atoms in total. The zero-order valence-electron chi connectivity index (χ0n) is 9.28. The van der Waals surface area contributed by atoms with Crippen molar-refractivity contribution >= 4 is 11.8 Å². The summed E-state index contributed by atoms with van der Waals surface area (Å²) in [5.41, 5.74) is 3.40. The number of benzene rings is 1. The highest BCUT2D eigenvalue weighted by molar-refractivity contribution is 5.98. The van der Waals surface area contributed by atoms with Crippen LogP contribution in [0.2, 0.25) is 0 Å². The van der Waals surface area contributed by atoms with Gasteiger partial charge in [0.2, 0.25) is 0 Å². The second-order valence-corrected chi connectivity index (χ2v) is 3.52. The summed E-state index contributed by atoms with van der Waals surface area (Å²) in [6.45, 7) is 3.40. The molecule has 0 radical (unpaired) electrons. The van der Waals surface area contributed by atoms with Gasteiger partial charge in [-0.15, -0.1) is 0 Å². The van der Waals surface area contributed by atoms with Crippen LogP contribution in [0, 0.1) is 6.92 Å². The SMILES string of the molecule is Cc1ccccc1C(=O)N[C@H](C)C(=O)NN. The lowest BCUT2D eigenvalue weighted by molar-refractivity contribution is -0.122. The second-order valence-electron chi connectivity index (χ2n) is 3.52. The molecule has 0 fully saturated rings. The first-order valence-corrected chi connectivity index (χ1v) is 4.93. The fourth-order valence-corrected chi connectivity index (χ4v) is 1.29. The molecule has 0 aliphatic carbocycles. The quantitative estimate of drug-likeness (QED) is 0.384. The van der Waals surface area contributed by atoms with Crippen molar-refractivity contribution < 1.29 is 9.59 Å². The van der Waals surface area contributed by atoms with Crippen molar-refractivity contribution in [1.29, 1.82) is 0 Å². The number of nitrogens with two attached hydrogens (primary N) is 1. The van der Waals surface area contributed by atoms with E-state index in [4.69, 9.17) is 5.84 Å². The normalized spacial score (nSPS) is 11.7. The number of hydrazine groups is 1. The van der Waals surface area contributed by atoms with Crippen molar-refractivity contribution in [1.82, 2.24) is 10.7 Å². The van der Waals surface area contributed by atoms with Gasteiger partial charge in [-0.25, -0.2) is 5.84 Å². The predicted molar refractivity (Wildman–Crippen MR) is 60.4 cm³/mol. The fourth-order valence-electron chi connectivity index (χ4n) is 1.29. The first-order valence-electron chi connectivity index (χ1n) is 4.93. The van der Waals surface area contributed by atoms with E-state index in [-0.39, 0.29) is 5.91 Å². The Morgan fingerprint density at radius 3 is 2.50 bits per heavy atom. The van der Waals surface area contributed by atoms with Crippen LogP contribution in [0.4, 0.5) is 0 Å². The smallest absolute Gasteiger partial charge is 0.256 e. The summed E-state index contributed by atoms with van der Waals surface area (Å²) in [6, 6.07) is 6.51. The lowest BCUT2D eigenvalue weighted by atomic mass is 10.1. The van der Waals surface area contributed by atoms with Crippen molar-refractivity contribution in [3.05, 3.63) is 35.4 Å². The van der Waals surface area contributed by atoms with Gasteiger partial charge in [0.15, 0.2) is 0 Å². The number of carbonyl (C=O) groups is 2. The summed E-state index contributed by atoms with van der Waals surface area (Å²) >= 11 is 0. The maximum absolute atomic E-state index is 11.8. The highest BCUT2D eigenvalue weighted by Gasteiger charge is 2.16. The van der Waals surface area contributed by atoms with E-state index in [1.807, 2.05) is 24.5 Å². The molecule has 1 aromatic carbocycles. The summed E-state index contributed by atoms with van der Waals surface area (Å²) in [5.74, 6) is 4.25. The molecule has 0 aliphatic heterocycles. The third-order valence-corrected chi connectivity index (χ3v) is 2.27. The monoisotopic (exact) mass is 221 g/mol. The summed E-state index contributed by atoms with van der Waals surface area (Å²) in [5, 5.41) is 2.56. The molecule has 0 aliphatic rings. The molecule has 1 rings (SSSR count). The minimum atomic E-state index is -0.655. The molecule has 86 valence electrons. The molecule has 2 amide bonds. The molecule has 5 heteroatoms. The van der Waals surface area contributed by atoms with Crippen LogP contribution in [0.5, 0.6) is 0 Å². The molecule has 0 spiro atoms. The molecule has 0 bridgehead atoms. The van der Waals surface area contributed by atoms with Crippen LogP contribution in [0.15, 0.2) is 24.3 Å². The standard InChI is InChI=1S/C11H15N3O2/c1-7-5-3-4-6-9(7)11(16)13-8(2)10(15)14-12/h3-6,8H,12H2,1-2H3,(H,13,16)(H,14,15)/t8-/m1/s1. The maximum atomic E-state index is 11.8. The zero-order valence-corrected chi connectivity index (χ0v) is 9.28. The molecule has 0 aromatic heterocycles. The van der Waals surface area contributed by atoms with E-state index in [1.54, 1.807) is 19.1 Å². The average Bonchev–Trinajstić information content (AvgIpc) is 2.28. The Kier molecular flexibility index (Phi) is 4.02. The van der Waals surface area contributed by atoms with Crippen LogP contribution < -0.4 is 16.6 Å². The minimum Gasteiger partial charge on any atom is -0.340 e. The molecule has 1 atom stereocenters. The molecule has 16 heavy (non-hydrogen) atoms. The number of amides is 2. The van der Waals surface area contributed by atoms with E-state index in [9.17, 15) is 9.59 Å². The Morgan fingerprint density at radius 1 is 1.31 bits per heavy atom. The number of carbonyl (C=O) groups excluding carboxylic acids is 2. The van der Waals surface area contributed by atoms with E-state index in [1.165, 1.54) is 0 Å². The Bertz CT molecular complexity index is 404. The predicted octanol–water partition coefficient (Wildman–Crippen LogP) is 0.103. The van der Waals surface area contributed by atoms with Crippen LogP contribution in [-0.4, -0.2) is 17.9 Å². The van der Waals surface area contributed by atoms with E-state index in [0.717, 1.165) is 5.56 Å². The van der Waals surface area contributed by atoms with E-state index >= 15 is 0 Å². The van der Waals surface area contributed by atoms with Crippen LogP contribution in [0.3, 0.4) is 0 Å². The lowest BCUT2D eigenvalue weighted by Gasteiger charge is -2.13. The lowest BCUT2D eigenvalue weighted by Crippen LogP contribution is -2.47. The van der Waals surface area contributed by atoms with Crippen molar-refractivity contribution in [2.24, 2.45) is 5.84 Å². The summed E-state index contributed by atoms with van der Waals surface area (Å²) < 4.78 is 0. The minimum absolute atomic E-state index is 0.283. The Morgan fingerprint density at radius 2 is 1.94 bits per heavy atom. The molecule has 0 saturated heterocycles. The van der Waals surface area contributed by atoms with Gasteiger partial charge in [0.25, 0.3) is 11.8 Å². The van der Waals surface area contributed by atoms with E-state index in [0.29, 0.717) is 5.56 Å². The Labute approximate surface area is 94.0 Å². The summed E-state index contributed by atoms with van der Waals surface area (Å²) in [7, 11) is 0. The Hall–Kier alpha value is -1.88. The summed E-state index contributed by atoms with van der Waals surface area (Å²) in [4.78, 5) is 22.9. The van der Waals surface area contributed by atoms with Gasteiger partial charge >= 0.3 is 0 Å². The molecular formula is C11H15N3O2. The largest absolute Gasteiger partial charge is 0.340 e. The molecule has 0 heterocycles. The molecular weight excluding hydrogens is 206 g/mol. The van der Waals surface area contributed by atoms with Gasteiger partial charge in [0.1, 0.15) is 6.04 Å². The van der Waals surface area contributed by atoms with Crippen molar-refractivity contribution in [3.63, 3.8) is 0 Å². The average molecular weight is 221 g/mol. The van der Waals surface area contributed by atoms with Gasteiger partial charge < -0.3 is 5.32 Å². The molecule has 1 aromatic rings. The zero-order chi connectivity index (χ0) is 12.1. The second kappa shape index (κ2) is 5.27. The first-order chi connectivity index (χ1) is 7.56. The number of hydrogen-bond donors (Lipinski definition) is 3. The van der Waals surface area contributed by atoms with Gasteiger partial charge in [-0.05, 0) is 25.5 Å². The Balaban J connectivity index is 2.73. The van der Waals surface area contributed by atoms with Gasteiger partial charge in [0.05, 0.1) is 0 Å². The van der Waals surface area contributed by atoms with E-state index in [2.05, 4.69) is 5.32 Å².